The molecule has 2 aromatic rings. The number of hydrogen-bond donors (Lipinski definition) is 1. The van der Waals surface area contributed by atoms with E-state index in [1.54, 1.807) is 0 Å². The molecule has 21 heavy (non-hydrogen) atoms. The van der Waals surface area contributed by atoms with Crippen LogP contribution in [0.5, 0.6) is 0 Å². The maximum atomic E-state index is 13.1. The number of nitro benzene ring substituents is 1. The first-order valence-electron chi connectivity index (χ1n) is 6.63. The first kappa shape index (κ1) is 13.6. The third kappa shape index (κ3) is 3.22. The Morgan fingerprint density at radius 2 is 2.24 bits per heavy atom. The lowest BCUT2D eigenvalue weighted by molar-refractivity contribution is -0.384. The van der Waals surface area contributed by atoms with Gasteiger partial charge in [-0.25, -0.2) is 4.39 Å². The molecular weight excluding hydrogens is 279 g/mol. The van der Waals surface area contributed by atoms with Crippen molar-refractivity contribution in [2.24, 2.45) is 0 Å². The van der Waals surface area contributed by atoms with Crippen LogP contribution in [-0.4, -0.2) is 27.7 Å². The summed E-state index contributed by atoms with van der Waals surface area (Å²) in [7, 11) is 0. The first-order valence-corrected chi connectivity index (χ1v) is 6.63. The summed E-state index contributed by atoms with van der Waals surface area (Å²) in [6.45, 7) is 0.720. The molecule has 1 aliphatic carbocycles. The smallest absolute Gasteiger partial charge is 0.285 e. The predicted molar refractivity (Wildman–Crippen MR) is 71.1 cm³/mol. The van der Waals surface area contributed by atoms with Crippen LogP contribution in [0.25, 0.3) is 11.5 Å². The summed E-state index contributed by atoms with van der Waals surface area (Å²) in [4.78, 5) is 10.3. The zero-order chi connectivity index (χ0) is 14.8. The average molecular weight is 292 g/mol. The summed E-state index contributed by atoms with van der Waals surface area (Å²) in [5.41, 5.74) is -0.267. The number of rotatable bonds is 6. The minimum atomic E-state index is -0.682. The number of aromatic nitrogens is 2. The molecule has 0 amide bonds. The Morgan fingerprint density at radius 1 is 1.43 bits per heavy atom. The standard InChI is InChI=1S/C13H13FN4O3/c14-8-1-4-10(11(7-8)18(19)20)13-17-16-12(21-13)5-6-15-9-2-3-9/h1,4,7,9,15H,2-3,5-6H2. The van der Waals surface area contributed by atoms with Gasteiger partial charge in [0.05, 0.1) is 11.0 Å². The van der Waals surface area contributed by atoms with Gasteiger partial charge >= 0.3 is 0 Å². The summed E-state index contributed by atoms with van der Waals surface area (Å²) in [5.74, 6) is -0.251. The molecule has 1 saturated carbocycles. The summed E-state index contributed by atoms with van der Waals surface area (Å²) in [5, 5.41) is 21.9. The topological polar surface area (TPSA) is 94.1 Å². The highest BCUT2D eigenvalue weighted by Gasteiger charge is 2.22. The van der Waals surface area contributed by atoms with Crippen LogP contribution in [0.2, 0.25) is 0 Å². The van der Waals surface area contributed by atoms with Crippen LogP contribution in [0, 0.1) is 15.9 Å². The lowest BCUT2D eigenvalue weighted by atomic mass is 10.2. The highest BCUT2D eigenvalue weighted by atomic mass is 19.1. The second-order valence-electron chi connectivity index (χ2n) is 4.90. The van der Waals surface area contributed by atoms with Crippen molar-refractivity contribution in [3.63, 3.8) is 0 Å². The molecule has 0 spiro atoms. The van der Waals surface area contributed by atoms with Gasteiger partial charge in [-0.2, -0.15) is 0 Å². The van der Waals surface area contributed by atoms with E-state index in [0.29, 0.717) is 18.4 Å². The second kappa shape index (κ2) is 5.57. The van der Waals surface area contributed by atoms with E-state index in [0.717, 1.165) is 18.7 Å². The fraction of sp³-hybridized carbons (Fsp3) is 0.385. The van der Waals surface area contributed by atoms with Crippen molar-refractivity contribution in [1.82, 2.24) is 15.5 Å². The Kier molecular flexibility index (Phi) is 3.61. The molecule has 0 saturated heterocycles. The van der Waals surface area contributed by atoms with Gasteiger partial charge in [0, 0.05) is 19.0 Å². The van der Waals surface area contributed by atoms with Crippen molar-refractivity contribution in [2.45, 2.75) is 25.3 Å². The predicted octanol–water partition coefficient (Wildman–Crippen LogP) is 2.08. The fourth-order valence-electron chi connectivity index (χ4n) is 1.97. The molecule has 1 aromatic carbocycles. The molecule has 0 aliphatic heterocycles. The van der Waals surface area contributed by atoms with Crippen LogP contribution < -0.4 is 5.32 Å². The van der Waals surface area contributed by atoms with Crippen LogP contribution in [0.15, 0.2) is 22.6 Å². The monoisotopic (exact) mass is 292 g/mol. The van der Waals surface area contributed by atoms with Gasteiger partial charge in [-0.3, -0.25) is 10.1 Å². The molecule has 1 N–H and O–H groups in total. The van der Waals surface area contributed by atoms with E-state index in [2.05, 4.69) is 15.5 Å². The zero-order valence-electron chi connectivity index (χ0n) is 11.1. The van der Waals surface area contributed by atoms with Crippen molar-refractivity contribution >= 4 is 5.69 Å². The quantitative estimate of drug-likeness (QED) is 0.647. The molecule has 3 rings (SSSR count). The van der Waals surface area contributed by atoms with Crippen molar-refractivity contribution < 1.29 is 13.7 Å². The Balaban J connectivity index is 1.77. The van der Waals surface area contributed by atoms with Crippen molar-refractivity contribution in [2.75, 3.05) is 6.54 Å². The highest BCUT2D eigenvalue weighted by molar-refractivity contribution is 5.66. The van der Waals surface area contributed by atoms with E-state index in [1.165, 1.54) is 18.9 Å². The van der Waals surface area contributed by atoms with E-state index in [-0.39, 0.29) is 17.1 Å². The molecule has 0 atom stereocenters. The van der Waals surface area contributed by atoms with E-state index < -0.39 is 10.7 Å². The molecule has 1 heterocycles. The third-order valence-corrected chi connectivity index (χ3v) is 3.20. The molecule has 7 nitrogen and oxygen atoms in total. The van der Waals surface area contributed by atoms with Gasteiger partial charge in [-0.05, 0) is 25.0 Å². The molecule has 1 fully saturated rings. The minimum absolute atomic E-state index is 0.0307. The van der Waals surface area contributed by atoms with Crippen LogP contribution in [0.1, 0.15) is 18.7 Å². The van der Waals surface area contributed by atoms with Crippen LogP contribution in [0.3, 0.4) is 0 Å². The van der Waals surface area contributed by atoms with E-state index >= 15 is 0 Å². The van der Waals surface area contributed by atoms with Crippen LogP contribution >= 0.6 is 0 Å². The largest absolute Gasteiger partial charge is 0.420 e. The van der Waals surface area contributed by atoms with Gasteiger partial charge in [-0.1, -0.05) is 0 Å². The molecule has 0 radical (unpaired) electrons. The lowest BCUT2D eigenvalue weighted by Crippen LogP contribution is -2.19. The van der Waals surface area contributed by atoms with Gasteiger partial charge in [0.1, 0.15) is 11.4 Å². The van der Waals surface area contributed by atoms with E-state index in [9.17, 15) is 14.5 Å². The van der Waals surface area contributed by atoms with Gasteiger partial charge in [0.2, 0.25) is 5.89 Å². The minimum Gasteiger partial charge on any atom is -0.420 e. The SMILES string of the molecule is O=[N+]([O-])c1cc(F)ccc1-c1nnc(CCNC2CC2)o1. The number of benzene rings is 1. The van der Waals surface area contributed by atoms with Crippen LogP contribution in [-0.2, 0) is 6.42 Å². The first-order chi connectivity index (χ1) is 10.1. The van der Waals surface area contributed by atoms with E-state index in [4.69, 9.17) is 4.42 Å². The molecule has 0 unspecified atom stereocenters. The van der Waals surface area contributed by atoms with Gasteiger partial charge in [0.15, 0.2) is 0 Å². The highest BCUT2D eigenvalue weighted by Crippen LogP contribution is 2.29. The molecular formula is C13H13FN4O3. The normalized spacial score (nSPS) is 14.3. The Bertz CT molecular complexity index is 669. The zero-order valence-corrected chi connectivity index (χ0v) is 11.1. The average Bonchev–Trinajstić information content (AvgIpc) is 3.16. The summed E-state index contributed by atoms with van der Waals surface area (Å²) in [6, 6.07) is 3.83. The summed E-state index contributed by atoms with van der Waals surface area (Å²) >= 11 is 0. The maximum absolute atomic E-state index is 13.1. The molecule has 0 bridgehead atoms. The summed E-state index contributed by atoms with van der Waals surface area (Å²) < 4.78 is 18.5. The summed E-state index contributed by atoms with van der Waals surface area (Å²) in [6.07, 6.45) is 2.94. The number of nitro groups is 1. The number of hydrogen-bond acceptors (Lipinski definition) is 6. The molecule has 8 heteroatoms. The van der Waals surface area contributed by atoms with Crippen LogP contribution in [0.4, 0.5) is 10.1 Å². The number of nitrogens with one attached hydrogen (secondary N) is 1. The van der Waals surface area contributed by atoms with Gasteiger partial charge in [0.25, 0.3) is 11.6 Å². The number of nitrogens with zero attached hydrogens (tertiary/aromatic N) is 3. The molecule has 1 aliphatic rings. The van der Waals surface area contributed by atoms with Crippen molar-refractivity contribution in [3.8, 4) is 11.5 Å². The Hall–Kier alpha value is -2.35. The third-order valence-electron chi connectivity index (χ3n) is 3.20. The fourth-order valence-corrected chi connectivity index (χ4v) is 1.97. The van der Waals surface area contributed by atoms with Gasteiger partial charge in [-0.15, -0.1) is 10.2 Å². The lowest BCUT2D eigenvalue weighted by Gasteiger charge is -1.99. The van der Waals surface area contributed by atoms with E-state index in [1.807, 2.05) is 0 Å². The molecule has 110 valence electrons. The van der Waals surface area contributed by atoms with Crippen molar-refractivity contribution in [1.29, 1.82) is 0 Å². The van der Waals surface area contributed by atoms with Crippen molar-refractivity contribution in [3.05, 3.63) is 40.0 Å². The van der Waals surface area contributed by atoms with Gasteiger partial charge < -0.3 is 9.73 Å². The Morgan fingerprint density at radius 3 is 2.95 bits per heavy atom. The maximum Gasteiger partial charge on any atom is 0.285 e. The second-order valence-corrected chi connectivity index (χ2v) is 4.90. The Labute approximate surface area is 119 Å². The number of halogens is 1. The molecule has 1 aromatic heterocycles.